The lowest BCUT2D eigenvalue weighted by Gasteiger charge is -2.35. The van der Waals surface area contributed by atoms with Crippen LogP contribution in [0.15, 0.2) is 72.8 Å². The summed E-state index contributed by atoms with van der Waals surface area (Å²) in [4.78, 5) is 4.80. The van der Waals surface area contributed by atoms with Gasteiger partial charge < -0.3 is 23.8 Å². The van der Waals surface area contributed by atoms with E-state index in [1.54, 1.807) is 0 Å². The fourth-order valence-electron chi connectivity index (χ4n) is 5.26. The number of nitrogens with zero attached hydrogens (tertiary/aromatic N) is 5. The molecule has 39 heavy (non-hydrogen) atoms. The SMILES string of the molecule is S=c1n(CN2CCN(c3ccccc3)CC2)nc([C@@H]2COc3ccccc3O2)n1-c1ccc2c(c1)OCCO2. The van der Waals surface area contributed by atoms with Gasteiger partial charge in [0.05, 0.1) is 12.4 Å². The molecule has 200 valence electrons. The number of fused-ring (bicyclic) bond motifs is 2. The molecule has 4 heterocycles. The molecule has 3 aromatic carbocycles. The molecule has 7 rings (SSSR count). The summed E-state index contributed by atoms with van der Waals surface area (Å²) in [5.41, 5.74) is 2.11. The fraction of sp³-hybridized carbons (Fsp3) is 0.310. The highest BCUT2D eigenvalue weighted by Gasteiger charge is 2.30. The first-order valence-corrected chi connectivity index (χ1v) is 13.6. The number of para-hydroxylation sites is 3. The van der Waals surface area contributed by atoms with Crippen molar-refractivity contribution < 1.29 is 18.9 Å². The summed E-state index contributed by atoms with van der Waals surface area (Å²) >= 11 is 6.02. The lowest BCUT2D eigenvalue weighted by Crippen LogP contribution is -2.47. The van der Waals surface area contributed by atoms with Gasteiger partial charge >= 0.3 is 0 Å². The van der Waals surface area contributed by atoms with Gasteiger partial charge in [-0.05, 0) is 48.6 Å². The highest BCUT2D eigenvalue weighted by atomic mass is 32.1. The number of anilines is 1. The normalized spacial score (nSPS) is 18.7. The first-order valence-electron chi connectivity index (χ1n) is 13.2. The maximum Gasteiger partial charge on any atom is 0.203 e. The smallest absolute Gasteiger partial charge is 0.203 e. The summed E-state index contributed by atoms with van der Waals surface area (Å²) in [6, 6.07) is 24.1. The average molecular weight is 544 g/mol. The van der Waals surface area contributed by atoms with Gasteiger partial charge in [-0.1, -0.05) is 30.3 Å². The quantitative estimate of drug-likeness (QED) is 0.342. The predicted molar refractivity (Wildman–Crippen MR) is 149 cm³/mol. The fourth-order valence-corrected chi connectivity index (χ4v) is 5.56. The third-order valence-corrected chi connectivity index (χ3v) is 7.67. The van der Waals surface area contributed by atoms with Crippen LogP contribution in [0.3, 0.4) is 0 Å². The summed E-state index contributed by atoms with van der Waals surface area (Å²) < 4.78 is 28.5. The van der Waals surface area contributed by atoms with E-state index in [1.807, 2.05) is 51.7 Å². The molecule has 3 aliphatic rings. The number of ether oxygens (including phenoxy) is 4. The van der Waals surface area contributed by atoms with Gasteiger partial charge in [-0.15, -0.1) is 0 Å². The Kier molecular flexibility index (Phi) is 6.34. The van der Waals surface area contributed by atoms with Crippen molar-refractivity contribution in [2.75, 3.05) is 50.9 Å². The standard InChI is InChI=1S/C29H29N5O4S/c39-29-33(20-31-12-14-32(15-13-31)21-6-2-1-3-7-21)30-28(27-19-37-23-8-4-5-9-25(23)38-27)34(29)22-10-11-24-26(18-22)36-17-16-35-24/h1-11,18,27H,12-17,19-20H2/t27-/m0/s1. The van der Waals surface area contributed by atoms with Crippen molar-refractivity contribution in [3.05, 3.63) is 83.4 Å². The van der Waals surface area contributed by atoms with Crippen LogP contribution in [0.2, 0.25) is 0 Å². The van der Waals surface area contributed by atoms with Gasteiger partial charge in [0.15, 0.2) is 34.9 Å². The largest absolute Gasteiger partial charge is 0.486 e. The number of hydrogen-bond acceptors (Lipinski definition) is 8. The van der Waals surface area contributed by atoms with E-state index < -0.39 is 6.10 Å². The summed E-state index contributed by atoms with van der Waals surface area (Å²) in [6.45, 7) is 5.71. The van der Waals surface area contributed by atoms with Crippen LogP contribution < -0.4 is 23.8 Å². The number of benzene rings is 3. The molecule has 0 saturated carbocycles. The molecule has 4 aromatic rings. The molecule has 1 fully saturated rings. The average Bonchev–Trinajstić information content (AvgIpc) is 3.32. The second-order valence-corrected chi connectivity index (χ2v) is 10.1. The topological polar surface area (TPSA) is 66.2 Å². The molecule has 10 heteroatoms. The molecule has 1 atom stereocenters. The zero-order valence-corrected chi connectivity index (χ0v) is 22.3. The van der Waals surface area contributed by atoms with Gasteiger partial charge in [0.25, 0.3) is 0 Å². The van der Waals surface area contributed by atoms with E-state index in [1.165, 1.54) is 5.69 Å². The second-order valence-electron chi connectivity index (χ2n) is 9.75. The van der Waals surface area contributed by atoms with E-state index >= 15 is 0 Å². The molecule has 0 bridgehead atoms. The summed E-state index contributed by atoms with van der Waals surface area (Å²) in [5, 5.41) is 5.01. The molecule has 0 radical (unpaired) electrons. The Morgan fingerprint density at radius 2 is 1.46 bits per heavy atom. The third-order valence-electron chi connectivity index (χ3n) is 7.27. The molecule has 9 nitrogen and oxygen atoms in total. The number of hydrogen-bond donors (Lipinski definition) is 0. The Hall–Kier alpha value is -4.02. The number of rotatable bonds is 5. The van der Waals surface area contributed by atoms with Gasteiger partial charge in [-0.25, -0.2) is 4.68 Å². The third kappa shape index (κ3) is 4.70. The van der Waals surface area contributed by atoms with Crippen molar-refractivity contribution in [3.8, 4) is 28.7 Å². The van der Waals surface area contributed by atoms with E-state index in [0.717, 1.165) is 43.4 Å². The van der Waals surface area contributed by atoms with E-state index in [0.29, 0.717) is 48.6 Å². The van der Waals surface area contributed by atoms with Crippen LogP contribution in [0.25, 0.3) is 5.69 Å². The minimum absolute atomic E-state index is 0.336. The number of piperazine rings is 1. The van der Waals surface area contributed by atoms with E-state index in [2.05, 4.69) is 40.1 Å². The van der Waals surface area contributed by atoms with Gasteiger partial charge in [0.2, 0.25) is 4.77 Å². The van der Waals surface area contributed by atoms with Crippen LogP contribution >= 0.6 is 12.2 Å². The second kappa shape index (κ2) is 10.3. The summed E-state index contributed by atoms with van der Waals surface area (Å²) in [7, 11) is 0. The highest BCUT2D eigenvalue weighted by molar-refractivity contribution is 7.71. The van der Waals surface area contributed by atoms with E-state index in [9.17, 15) is 0 Å². The number of aromatic nitrogens is 3. The van der Waals surface area contributed by atoms with Gasteiger partial charge in [-0.3, -0.25) is 9.47 Å². The maximum absolute atomic E-state index is 6.37. The van der Waals surface area contributed by atoms with Gasteiger partial charge in [0, 0.05) is 37.9 Å². The van der Waals surface area contributed by atoms with Crippen molar-refractivity contribution in [1.29, 1.82) is 0 Å². The molecular formula is C29H29N5O4S. The summed E-state index contributed by atoms with van der Waals surface area (Å²) in [5.74, 6) is 3.54. The zero-order chi connectivity index (χ0) is 26.2. The van der Waals surface area contributed by atoms with E-state index in [-0.39, 0.29) is 0 Å². The minimum Gasteiger partial charge on any atom is -0.486 e. The zero-order valence-electron chi connectivity index (χ0n) is 21.4. The van der Waals surface area contributed by atoms with Crippen LogP contribution in [0, 0.1) is 4.77 Å². The first kappa shape index (κ1) is 24.1. The van der Waals surface area contributed by atoms with E-state index in [4.69, 9.17) is 36.3 Å². The van der Waals surface area contributed by atoms with Gasteiger partial charge in [0.1, 0.15) is 19.8 Å². The van der Waals surface area contributed by atoms with Crippen LogP contribution in [0.1, 0.15) is 11.9 Å². The highest BCUT2D eigenvalue weighted by Crippen LogP contribution is 2.37. The molecule has 0 N–H and O–H groups in total. The lowest BCUT2D eigenvalue weighted by atomic mass is 10.2. The molecule has 0 spiro atoms. The van der Waals surface area contributed by atoms with Crippen molar-refractivity contribution >= 4 is 17.9 Å². The van der Waals surface area contributed by atoms with Crippen molar-refractivity contribution in [3.63, 3.8) is 0 Å². The Balaban J connectivity index is 1.19. The monoisotopic (exact) mass is 543 g/mol. The predicted octanol–water partition coefficient (Wildman–Crippen LogP) is 4.47. The Labute approximate surface area is 231 Å². The van der Waals surface area contributed by atoms with Crippen LogP contribution in [-0.2, 0) is 6.67 Å². The van der Waals surface area contributed by atoms with Crippen molar-refractivity contribution in [2.45, 2.75) is 12.8 Å². The maximum atomic E-state index is 6.37. The molecular weight excluding hydrogens is 514 g/mol. The Bertz CT molecular complexity index is 1530. The first-order chi connectivity index (χ1) is 19.2. The molecule has 0 amide bonds. The molecule has 3 aliphatic heterocycles. The molecule has 0 unspecified atom stereocenters. The van der Waals surface area contributed by atoms with Crippen molar-refractivity contribution in [1.82, 2.24) is 19.2 Å². The molecule has 1 aromatic heterocycles. The lowest BCUT2D eigenvalue weighted by molar-refractivity contribution is 0.0829. The van der Waals surface area contributed by atoms with Crippen LogP contribution in [-0.4, -0.2) is 65.2 Å². The Morgan fingerprint density at radius 1 is 0.744 bits per heavy atom. The van der Waals surface area contributed by atoms with Crippen molar-refractivity contribution in [2.24, 2.45) is 0 Å². The Morgan fingerprint density at radius 3 is 2.28 bits per heavy atom. The van der Waals surface area contributed by atoms with Gasteiger partial charge in [-0.2, -0.15) is 5.10 Å². The van der Waals surface area contributed by atoms with Crippen LogP contribution in [0.5, 0.6) is 23.0 Å². The van der Waals surface area contributed by atoms with Crippen LogP contribution in [0.4, 0.5) is 5.69 Å². The molecule has 0 aliphatic carbocycles. The molecule has 1 saturated heterocycles. The minimum atomic E-state index is -0.425. The summed E-state index contributed by atoms with van der Waals surface area (Å²) in [6.07, 6.45) is -0.425.